The number of benzene rings is 1. The van der Waals surface area contributed by atoms with Crippen molar-refractivity contribution >= 4 is 28.9 Å². The van der Waals surface area contributed by atoms with Gasteiger partial charge in [-0.25, -0.2) is 9.20 Å². The van der Waals surface area contributed by atoms with Crippen LogP contribution in [-0.4, -0.2) is 43.4 Å². The van der Waals surface area contributed by atoms with Gasteiger partial charge in [0.2, 0.25) is 5.88 Å². The van der Waals surface area contributed by atoms with Crippen molar-refractivity contribution in [3.05, 3.63) is 76.7 Å². The van der Waals surface area contributed by atoms with Gasteiger partial charge in [-0.1, -0.05) is 17.7 Å². The summed E-state index contributed by atoms with van der Waals surface area (Å²) in [6.45, 7) is 1.88. The summed E-state index contributed by atoms with van der Waals surface area (Å²) in [5, 5.41) is 12.6. The highest BCUT2D eigenvalue weighted by Crippen LogP contribution is 2.57. The molecule has 6 rings (SSSR count). The van der Waals surface area contributed by atoms with Gasteiger partial charge in [-0.2, -0.15) is 5.10 Å². The predicted molar refractivity (Wildman–Crippen MR) is 134 cm³/mol. The number of ether oxygens (including phenoxy) is 1. The highest BCUT2D eigenvalue weighted by atomic mass is 35.5. The van der Waals surface area contributed by atoms with Crippen molar-refractivity contribution in [3.8, 4) is 11.6 Å². The van der Waals surface area contributed by atoms with Crippen molar-refractivity contribution in [1.29, 1.82) is 0 Å². The number of carbonyl (C=O) groups excluding carboxylic acids is 2. The second-order valence-electron chi connectivity index (χ2n) is 9.83. The Bertz CT molecular complexity index is 1480. The van der Waals surface area contributed by atoms with Gasteiger partial charge in [-0.3, -0.25) is 9.59 Å². The van der Waals surface area contributed by atoms with Crippen LogP contribution in [0.3, 0.4) is 0 Å². The molecule has 3 aromatic heterocycles. The number of halogens is 1. The summed E-state index contributed by atoms with van der Waals surface area (Å²) in [4.78, 5) is 24.9. The van der Waals surface area contributed by atoms with E-state index in [0.717, 1.165) is 37.1 Å². The second kappa shape index (κ2) is 8.37. The minimum absolute atomic E-state index is 0.0236. The number of amides is 2. The van der Waals surface area contributed by atoms with Gasteiger partial charge in [0.15, 0.2) is 0 Å². The van der Waals surface area contributed by atoms with Gasteiger partial charge in [-0.05, 0) is 74.4 Å². The Balaban J connectivity index is 1.05. The van der Waals surface area contributed by atoms with Gasteiger partial charge >= 0.3 is 0 Å². The number of hydrogen-bond acceptors (Lipinski definition) is 5. The van der Waals surface area contributed by atoms with Gasteiger partial charge in [0.25, 0.3) is 11.8 Å². The fraction of sp³-hybridized carbons (Fsp3) is 0.308. The smallest absolute Gasteiger partial charge is 0.256 e. The van der Waals surface area contributed by atoms with Crippen LogP contribution in [0, 0.1) is 12.3 Å². The van der Waals surface area contributed by atoms with E-state index in [-0.39, 0.29) is 29.3 Å². The van der Waals surface area contributed by atoms with Crippen molar-refractivity contribution < 1.29 is 14.3 Å². The molecule has 9 nitrogen and oxygen atoms in total. The lowest BCUT2D eigenvalue weighted by molar-refractivity contribution is -0.0848. The number of fused-ring (bicyclic) bond motifs is 1. The number of hydrogen-bond donors (Lipinski definition) is 2. The van der Waals surface area contributed by atoms with Gasteiger partial charge in [0.1, 0.15) is 11.7 Å². The standard InChI is InChI=1S/C26H25ClN6O3/c1-15-20(14-29-33(15)18-7-5-16(27)6-8-18)24(35)30-17-10-26(11-17)12-19(13-26)36-25-22(23(28)34)21-4-2-3-9-32(21)31-25/h2-9,14,17,19H,10-13H2,1H3,(H2,28,34)(H,30,35). The van der Waals surface area contributed by atoms with E-state index < -0.39 is 5.91 Å². The first-order valence-electron chi connectivity index (χ1n) is 11.9. The summed E-state index contributed by atoms with van der Waals surface area (Å²) in [5.41, 5.74) is 8.89. The quantitative estimate of drug-likeness (QED) is 0.415. The molecule has 36 heavy (non-hydrogen) atoms. The summed E-state index contributed by atoms with van der Waals surface area (Å²) < 4.78 is 9.42. The molecule has 2 amide bonds. The maximum absolute atomic E-state index is 12.9. The molecule has 2 aliphatic rings. The molecule has 0 aliphatic heterocycles. The Labute approximate surface area is 212 Å². The van der Waals surface area contributed by atoms with Gasteiger partial charge in [0.05, 0.1) is 28.7 Å². The first-order valence-corrected chi connectivity index (χ1v) is 12.2. The molecular weight excluding hydrogens is 480 g/mol. The predicted octanol–water partition coefficient (Wildman–Crippen LogP) is 3.70. The van der Waals surface area contributed by atoms with Gasteiger partial charge in [0, 0.05) is 17.3 Å². The molecule has 184 valence electrons. The molecule has 0 radical (unpaired) electrons. The molecule has 2 saturated carbocycles. The van der Waals surface area contributed by atoms with Crippen molar-refractivity contribution in [3.63, 3.8) is 0 Å². The SMILES string of the molecule is Cc1c(C(=O)NC2CC3(C2)CC(Oc2nn4ccccc4c2C(N)=O)C3)cnn1-c1ccc(Cl)cc1. The van der Waals surface area contributed by atoms with Crippen LogP contribution in [0.25, 0.3) is 11.2 Å². The van der Waals surface area contributed by atoms with Crippen LogP contribution in [0.5, 0.6) is 5.88 Å². The third-order valence-corrected chi connectivity index (χ3v) is 7.63. The van der Waals surface area contributed by atoms with Gasteiger partial charge in [-0.15, -0.1) is 5.10 Å². The maximum Gasteiger partial charge on any atom is 0.256 e. The van der Waals surface area contributed by atoms with Crippen LogP contribution in [0.4, 0.5) is 0 Å². The van der Waals surface area contributed by atoms with E-state index in [1.54, 1.807) is 39.8 Å². The number of rotatable bonds is 6. The molecule has 1 aromatic carbocycles. The summed E-state index contributed by atoms with van der Waals surface area (Å²) in [7, 11) is 0. The summed E-state index contributed by atoms with van der Waals surface area (Å²) in [5.74, 6) is -0.386. The van der Waals surface area contributed by atoms with Crippen LogP contribution in [-0.2, 0) is 0 Å². The van der Waals surface area contributed by atoms with E-state index in [1.807, 2.05) is 31.2 Å². The number of nitrogens with one attached hydrogen (secondary N) is 1. The van der Waals surface area contributed by atoms with Crippen LogP contribution in [0.2, 0.25) is 5.02 Å². The van der Waals surface area contributed by atoms with Gasteiger partial charge < -0.3 is 15.8 Å². The number of nitrogens with zero attached hydrogens (tertiary/aromatic N) is 4. The van der Waals surface area contributed by atoms with Crippen LogP contribution in [0.1, 0.15) is 52.1 Å². The molecule has 1 spiro atoms. The Morgan fingerprint density at radius 1 is 1.14 bits per heavy atom. The number of primary amides is 1. The number of carbonyl (C=O) groups is 2. The highest BCUT2D eigenvalue weighted by Gasteiger charge is 2.54. The number of pyridine rings is 1. The third-order valence-electron chi connectivity index (χ3n) is 7.37. The minimum Gasteiger partial charge on any atom is -0.473 e. The van der Waals surface area contributed by atoms with E-state index in [0.29, 0.717) is 21.7 Å². The molecule has 3 heterocycles. The third kappa shape index (κ3) is 3.80. The lowest BCUT2D eigenvalue weighted by Crippen LogP contribution is -2.58. The molecule has 3 N–H and O–H groups in total. The topological polar surface area (TPSA) is 117 Å². The number of aromatic nitrogens is 4. The van der Waals surface area contributed by atoms with Crippen molar-refractivity contribution in [1.82, 2.24) is 24.7 Å². The molecule has 0 unspecified atom stereocenters. The largest absolute Gasteiger partial charge is 0.473 e. The molecule has 0 bridgehead atoms. The summed E-state index contributed by atoms with van der Waals surface area (Å²) in [6.07, 6.45) is 6.86. The van der Waals surface area contributed by atoms with E-state index in [9.17, 15) is 9.59 Å². The maximum atomic E-state index is 12.9. The molecule has 0 atom stereocenters. The summed E-state index contributed by atoms with van der Waals surface area (Å²) in [6, 6.07) is 12.9. The molecule has 10 heteroatoms. The normalized spacial score (nSPS) is 22.7. The fourth-order valence-corrected chi connectivity index (χ4v) is 5.72. The van der Waals surface area contributed by atoms with Crippen LogP contribution < -0.4 is 15.8 Å². The van der Waals surface area contributed by atoms with E-state index in [2.05, 4.69) is 15.5 Å². The highest BCUT2D eigenvalue weighted by molar-refractivity contribution is 6.30. The average Bonchev–Trinajstić information content (AvgIpc) is 3.37. The van der Waals surface area contributed by atoms with E-state index in [1.165, 1.54) is 0 Å². The monoisotopic (exact) mass is 504 g/mol. The zero-order valence-electron chi connectivity index (χ0n) is 19.6. The Kier molecular flexibility index (Phi) is 5.26. The summed E-state index contributed by atoms with van der Waals surface area (Å²) >= 11 is 5.98. The van der Waals surface area contributed by atoms with Crippen LogP contribution in [0.15, 0.2) is 54.9 Å². The molecular formula is C26H25ClN6O3. The van der Waals surface area contributed by atoms with Crippen molar-refractivity contribution in [2.24, 2.45) is 11.1 Å². The first kappa shape index (κ1) is 22.6. The average molecular weight is 505 g/mol. The zero-order chi connectivity index (χ0) is 25.0. The molecule has 0 saturated heterocycles. The van der Waals surface area contributed by atoms with Crippen molar-refractivity contribution in [2.45, 2.75) is 44.8 Å². The lowest BCUT2D eigenvalue weighted by Gasteiger charge is -2.57. The fourth-order valence-electron chi connectivity index (χ4n) is 5.60. The minimum atomic E-state index is -0.554. The molecule has 2 fully saturated rings. The number of nitrogens with two attached hydrogens (primary N) is 1. The molecule has 2 aliphatic carbocycles. The lowest BCUT2D eigenvalue weighted by atomic mass is 9.53. The van der Waals surface area contributed by atoms with Crippen molar-refractivity contribution in [2.75, 3.05) is 0 Å². The first-order chi connectivity index (χ1) is 17.3. The Morgan fingerprint density at radius 3 is 2.61 bits per heavy atom. The zero-order valence-corrected chi connectivity index (χ0v) is 20.4. The van der Waals surface area contributed by atoms with E-state index >= 15 is 0 Å². The Hall–Kier alpha value is -3.85. The molecule has 4 aromatic rings. The second-order valence-corrected chi connectivity index (χ2v) is 10.3. The van der Waals surface area contributed by atoms with Crippen LogP contribution >= 0.6 is 11.6 Å². The van der Waals surface area contributed by atoms with E-state index in [4.69, 9.17) is 22.1 Å². The Morgan fingerprint density at radius 2 is 1.89 bits per heavy atom.